The van der Waals surface area contributed by atoms with Crippen molar-refractivity contribution in [3.05, 3.63) is 64.7 Å². The molecule has 0 amide bonds. The molecule has 0 aliphatic rings. The second-order valence-corrected chi connectivity index (χ2v) is 5.01. The molecule has 0 saturated heterocycles. The van der Waals surface area contributed by atoms with E-state index in [4.69, 9.17) is 17.3 Å². The van der Waals surface area contributed by atoms with E-state index in [-0.39, 0.29) is 24.0 Å². The van der Waals surface area contributed by atoms with Gasteiger partial charge in [0.05, 0.1) is 0 Å². The molecule has 0 bridgehead atoms. The number of aryl methyl sites for hydroxylation is 1. The van der Waals surface area contributed by atoms with Crippen LogP contribution < -0.4 is 11.1 Å². The Balaban J connectivity index is 0.00000220. The Kier molecular flexibility index (Phi) is 7.53. The Labute approximate surface area is 147 Å². The lowest BCUT2D eigenvalue weighted by molar-refractivity contribution is 0.965. The summed E-state index contributed by atoms with van der Waals surface area (Å²) in [6.07, 6.45) is 0.774. The number of halogens is 2. The summed E-state index contributed by atoms with van der Waals surface area (Å²) in [5, 5.41) is 3.85. The van der Waals surface area contributed by atoms with Crippen LogP contribution in [-0.2, 0) is 6.42 Å². The van der Waals surface area contributed by atoms with E-state index in [0.29, 0.717) is 12.5 Å². The van der Waals surface area contributed by atoms with Gasteiger partial charge in [-0.15, -0.1) is 24.0 Å². The van der Waals surface area contributed by atoms with Crippen molar-refractivity contribution < 1.29 is 0 Å². The van der Waals surface area contributed by atoms with Crippen molar-refractivity contribution in [3.8, 4) is 0 Å². The van der Waals surface area contributed by atoms with Crippen molar-refractivity contribution in [2.24, 2.45) is 10.7 Å². The van der Waals surface area contributed by atoms with E-state index in [9.17, 15) is 0 Å². The molecule has 0 aliphatic heterocycles. The van der Waals surface area contributed by atoms with Crippen LogP contribution in [0.4, 0.5) is 5.69 Å². The highest BCUT2D eigenvalue weighted by Crippen LogP contribution is 2.15. The third-order valence-electron chi connectivity index (χ3n) is 2.91. The van der Waals surface area contributed by atoms with Gasteiger partial charge >= 0.3 is 0 Å². The summed E-state index contributed by atoms with van der Waals surface area (Å²) in [5.74, 6) is 0.419. The highest BCUT2D eigenvalue weighted by Gasteiger charge is 1.99. The maximum Gasteiger partial charge on any atom is 0.193 e. The molecule has 2 rings (SSSR count). The van der Waals surface area contributed by atoms with E-state index in [1.165, 1.54) is 5.56 Å². The smallest absolute Gasteiger partial charge is 0.193 e. The molecule has 112 valence electrons. The van der Waals surface area contributed by atoms with Crippen molar-refractivity contribution in [1.82, 2.24) is 0 Å². The van der Waals surface area contributed by atoms with E-state index >= 15 is 0 Å². The molecule has 0 aromatic heterocycles. The summed E-state index contributed by atoms with van der Waals surface area (Å²) < 4.78 is 0. The van der Waals surface area contributed by atoms with Crippen LogP contribution in [-0.4, -0.2) is 12.5 Å². The third-order valence-corrected chi connectivity index (χ3v) is 3.28. The van der Waals surface area contributed by atoms with Crippen LogP contribution in [0.5, 0.6) is 0 Å². The molecule has 0 heterocycles. The van der Waals surface area contributed by atoms with Gasteiger partial charge in [-0.3, -0.25) is 4.99 Å². The monoisotopic (exact) mass is 415 g/mol. The molecule has 2 aromatic rings. The fraction of sp³-hybridized carbons (Fsp3) is 0.188. The average Bonchev–Trinajstić information content (AvgIpc) is 2.41. The molecule has 0 fully saturated rings. The van der Waals surface area contributed by atoms with Gasteiger partial charge in [0, 0.05) is 17.3 Å². The van der Waals surface area contributed by atoms with Gasteiger partial charge < -0.3 is 11.1 Å². The Morgan fingerprint density at radius 2 is 1.95 bits per heavy atom. The second kappa shape index (κ2) is 8.89. The highest BCUT2D eigenvalue weighted by molar-refractivity contribution is 14.0. The molecule has 0 spiro atoms. The lowest BCUT2D eigenvalue weighted by atomic mass is 10.1. The number of nitrogens with one attached hydrogen (secondary N) is 1. The van der Waals surface area contributed by atoms with Crippen molar-refractivity contribution in [2.45, 2.75) is 13.3 Å². The molecule has 3 nitrogen and oxygen atoms in total. The third kappa shape index (κ3) is 5.93. The molecular formula is C16H19ClIN3. The number of rotatable bonds is 4. The van der Waals surface area contributed by atoms with Gasteiger partial charge in [0.15, 0.2) is 5.96 Å². The van der Waals surface area contributed by atoms with Crippen molar-refractivity contribution in [2.75, 3.05) is 11.9 Å². The minimum atomic E-state index is 0. The van der Waals surface area contributed by atoms with Crippen LogP contribution in [0.3, 0.4) is 0 Å². The number of guanidine groups is 1. The predicted octanol–water partition coefficient (Wildman–Crippen LogP) is 4.24. The summed E-state index contributed by atoms with van der Waals surface area (Å²) in [5.41, 5.74) is 9.08. The molecule has 5 heteroatoms. The number of nitrogens with two attached hydrogens (primary N) is 1. The average molecular weight is 416 g/mol. The van der Waals surface area contributed by atoms with Crippen molar-refractivity contribution >= 4 is 47.2 Å². The van der Waals surface area contributed by atoms with Crippen molar-refractivity contribution in [1.29, 1.82) is 0 Å². The minimum Gasteiger partial charge on any atom is -0.370 e. The van der Waals surface area contributed by atoms with E-state index in [2.05, 4.69) is 10.3 Å². The van der Waals surface area contributed by atoms with Crippen LogP contribution in [0.25, 0.3) is 0 Å². The van der Waals surface area contributed by atoms with Gasteiger partial charge in [0.2, 0.25) is 0 Å². The van der Waals surface area contributed by atoms with Gasteiger partial charge in [-0.25, -0.2) is 0 Å². The Morgan fingerprint density at radius 1 is 1.19 bits per heavy atom. The number of benzene rings is 2. The first-order chi connectivity index (χ1) is 9.65. The molecule has 0 atom stereocenters. The maximum atomic E-state index is 6.09. The molecule has 3 N–H and O–H groups in total. The zero-order valence-corrected chi connectivity index (χ0v) is 14.9. The standard InChI is InChI=1S/C16H18ClN3.HI/c1-12-5-4-7-14(11-12)20-16(18)19-10-9-13-6-2-3-8-15(13)17;/h2-8,11H,9-10H2,1H3,(H3,18,19,20);1H. The van der Waals surface area contributed by atoms with E-state index < -0.39 is 0 Å². The van der Waals surface area contributed by atoms with Gasteiger partial charge in [0.1, 0.15) is 0 Å². The number of aliphatic imine (C=N–C) groups is 1. The topological polar surface area (TPSA) is 50.4 Å². The van der Waals surface area contributed by atoms with Crippen LogP contribution in [0.15, 0.2) is 53.5 Å². The van der Waals surface area contributed by atoms with E-state index in [1.54, 1.807) is 0 Å². The van der Waals surface area contributed by atoms with Crippen molar-refractivity contribution in [3.63, 3.8) is 0 Å². The number of hydrogen-bond donors (Lipinski definition) is 2. The van der Waals surface area contributed by atoms with Crippen LogP contribution in [0.1, 0.15) is 11.1 Å². The Bertz CT molecular complexity index is 614. The molecule has 0 aliphatic carbocycles. The maximum absolute atomic E-state index is 6.09. The normalized spacial score (nSPS) is 10.9. The lowest BCUT2D eigenvalue weighted by Gasteiger charge is -2.06. The first-order valence-electron chi connectivity index (χ1n) is 6.52. The quantitative estimate of drug-likeness (QED) is 0.446. The largest absolute Gasteiger partial charge is 0.370 e. The second-order valence-electron chi connectivity index (χ2n) is 4.60. The highest BCUT2D eigenvalue weighted by atomic mass is 127. The number of hydrogen-bond acceptors (Lipinski definition) is 1. The SMILES string of the molecule is Cc1cccc(NC(N)=NCCc2ccccc2Cl)c1.I. The molecule has 21 heavy (non-hydrogen) atoms. The van der Waals surface area contributed by atoms with Gasteiger partial charge in [-0.1, -0.05) is 41.9 Å². The zero-order chi connectivity index (χ0) is 14.4. The fourth-order valence-corrected chi connectivity index (χ4v) is 2.14. The minimum absolute atomic E-state index is 0. The molecule has 2 aromatic carbocycles. The lowest BCUT2D eigenvalue weighted by Crippen LogP contribution is -2.23. The number of nitrogens with zero attached hydrogens (tertiary/aromatic N) is 1. The molecule has 0 saturated carbocycles. The first-order valence-corrected chi connectivity index (χ1v) is 6.90. The summed E-state index contributed by atoms with van der Waals surface area (Å²) in [4.78, 5) is 4.31. The fourth-order valence-electron chi connectivity index (χ4n) is 1.91. The summed E-state index contributed by atoms with van der Waals surface area (Å²) >= 11 is 6.09. The summed E-state index contributed by atoms with van der Waals surface area (Å²) in [7, 11) is 0. The van der Waals surface area contributed by atoms with Gasteiger partial charge in [-0.05, 0) is 42.7 Å². The van der Waals surface area contributed by atoms with Crippen LogP contribution in [0, 0.1) is 6.92 Å². The van der Waals surface area contributed by atoms with Gasteiger partial charge in [-0.2, -0.15) is 0 Å². The number of anilines is 1. The summed E-state index contributed by atoms with van der Waals surface area (Å²) in [6.45, 7) is 2.64. The van der Waals surface area contributed by atoms with Crippen LogP contribution in [0.2, 0.25) is 5.02 Å². The van der Waals surface area contributed by atoms with E-state index in [1.807, 2.05) is 55.5 Å². The molecular weight excluding hydrogens is 397 g/mol. The Hall–Kier alpha value is -1.27. The Morgan fingerprint density at radius 3 is 2.67 bits per heavy atom. The summed E-state index contributed by atoms with van der Waals surface area (Å²) in [6, 6.07) is 15.8. The van der Waals surface area contributed by atoms with Gasteiger partial charge in [0.25, 0.3) is 0 Å². The van der Waals surface area contributed by atoms with Crippen LogP contribution >= 0.6 is 35.6 Å². The first kappa shape index (κ1) is 17.8. The zero-order valence-electron chi connectivity index (χ0n) is 11.8. The molecule has 0 radical (unpaired) electrons. The molecule has 0 unspecified atom stereocenters. The van der Waals surface area contributed by atoms with E-state index in [0.717, 1.165) is 22.7 Å². The predicted molar refractivity (Wildman–Crippen MR) is 102 cm³/mol.